The van der Waals surface area contributed by atoms with Crippen molar-refractivity contribution in [2.75, 3.05) is 20.1 Å². The van der Waals surface area contributed by atoms with Crippen LogP contribution in [-0.2, 0) is 0 Å². The van der Waals surface area contributed by atoms with Crippen LogP contribution in [0.15, 0.2) is 0 Å². The van der Waals surface area contributed by atoms with Gasteiger partial charge in [0.15, 0.2) is 0 Å². The fourth-order valence-electron chi connectivity index (χ4n) is 1.05. The van der Waals surface area contributed by atoms with E-state index in [-0.39, 0.29) is 0 Å². The van der Waals surface area contributed by atoms with Gasteiger partial charge in [-0.05, 0) is 38.9 Å². The van der Waals surface area contributed by atoms with E-state index in [1.54, 1.807) is 0 Å². The molecular formula is C10H23N. The van der Waals surface area contributed by atoms with Gasteiger partial charge in [0, 0.05) is 0 Å². The molecule has 1 heteroatoms. The predicted octanol–water partition coefficient (Wildman–Crippen LogP) is 2.76. The first-order valence-electron chi connectivity index (χ1n) is 4.81. The lowest BCUT2D eigenvalue weighted by Gasteiger charge is -2.20. The largest absolute Gasteiger partial charge is 0.306 e. The van der Waals surface area contributed by atoms with Gasteiger partial charge in [0.25, 0.3) is 0 Å². The van der Waals surface area contributed by atoms with Crippen LogP contribution in [-0.4, -0.2) is 25.0 Å². The summed E-state index contributed by atoms with van der Waals surface area (Å²) < 4.78 is 0. The summed E-state index contributed by atoms with van der Waals surface area (Å²) in [4.78, 5) is 2.39. The number of likely N-dealkylation sites (tertiary alicyclic amines) is 1. The molecule has 1 aliphatic rings. The van der Waals surface area contributed by atoms with E-state index < -0.39 is 0 Å². The van der Waals surface area contributed by atoms with Crippen molar-refractivity contribution in [3.8, 4) is 0 Å². The molecule has 1 heterocycles. The van der Waals surface area contributed by atoms with Gasteiger partial charge in [-0.1, -0.05) is 27.2 Å². The van der Waals surface area contributed by atoms with Crippen LogP contribution >= 0.6 is 0 Å². The summed E-state index contributed by atoms with van der Waals surface area (Å²) in [6, 6.07) is 0. The number of piperidine rings is 1. The molecule has 1 aliphatic heterocycles. The molecule has 68 valence electrons. The van der Waals surface area contributed by atoms with Gasteiger partial charge in [0.2, 0.25) is 0 Å². The van der Waals surface area contributed by atoms with Crippen molar-refractivity contribution < 1.29 is 0 Å². The number of nitrogens with zero attached hydrogens (tertiary/aromatic N) is 1. The molecule has 0 unspecified atom stereocenters. The van der Waals surface area contributed by atoms with Gasteiger partial charge in [0.05, 0.1) is 0 Å². The third-order valence-corrected chi connectivity index (χ3v) is 1.58. The fraction of sp³-hybridized carbons (Fsp3) is 1.00. The molecule has 0 aromatic heterocycles. The third-order valence-electron chi connectivity index (χ3n) is 1.58. The molecule has 0 amide bonds. The normalized spacial score (nSPS) is 19.4. The lowest BCUT2D eigenvalue weighted by atomic mass is 10.1. The van der Waals surface area contributed by atoms with Crippen LogP contribution in [0.4, 0.5) is 0 Å². The molecule has 0 N–H and O–H groups in total. The van der Waals surface area contributed by atoms with Crippen LogP contribution in [0.2, 0.25) is 0 Å². The first kappa shape index (κ1) is 11.0. The summed E-state index contributed by atoms with van der Waals surface area (Å²) >= 11 is 0. The molecule has 1 nitrogen and oxygen atoms in total. The Hall–Kier alpha value is -0.0400. The average Bonchev–Trinajstić information content (AvgIpc) is 1.87. The topological polar surface area (TPSA) is 3.24 Å². The highest BCUT2D eigenvalue weighted by Crippen LogP contribution is 2.04. The van der Waals surface area contributed by atoms with Gasteiger partial charge in [-0.25, -0.2) is 0 Å². The minimum atomic E-state index is 0.833. The van der Waals surface area contributed by atoms with Crippen LogP contribution in [0, 0.1) is 5.92 Å². The van der Waals surface area contributed by atoms with E-state index in [4.69, 9.17) is 0 Å². The van der Waals surface area contributed by atoms with E-state index in [0.29, 0.717) is 0 Å². The van der Waals surface area contributed by atoms with Crippen LogP contribution < -0.4 is 0 Å². The second-order valence-electron chi connectivity index (χ2n) is 4.10. The summed E-state index contributed by atoms with van der Waals surface area (Å²) in [6.45, 7) is 9.14. The van der Waals surface area contributed by atoms with E-state index >= 15 is 0 Å². The molecule has 0 aliphatic carbocycles. The summed E-state index contributed by atoms with van der Waals surface area (Å²) in [5.74, 6) is 0.833. The smallest absolute Gasteiger partial charge is 0.00218 e. The second kappa shape index (κ2) is 6.66. The molecule has 0 aromatic carbocycles. The number of hydrogen-bond acceptors (Lipinski definition) is 1. The van der Waals surface area contributed by atoms with Gasteiger partial charge in [-0.3, -0.25) is 0 Å². The highest BCUT2D eigenvalue weighted by molar-refractivity contribution is 4.58. The Morgan fingerprint density at radius 2 is 1.27 bits per heavy atom. The summed E-state index contributed by atoms with van der Waals surface area (Å²) in [5, 5.41) is 0. The second-order valence-corrected chi connectivity index (χ2v) is 4.10. The molecule has 1 fully saturated rings. The monoisotopic (exact) mass is 157 g/mol. The lowest BCUT2D eigenvalue weighted by molar-refractivity contribution is 0.277. The molecule has 0 saturated carbocycles. The van der Waals surface area contributed by atoms with E-state index in [1.165, 1.54) is 32.4 Å². The van der Waals surface area contributed by atoms with Gasteiger partial charge in [-0.15, -0.1) is 0 Å². The van der Waals surface area contributed by atoms with E-state index in [9.17, 15) is 0 Å². The minimum absolute atomic E-state index is 0.833. The molecule has 1 rings (SSSR count). The Morgan fingerprint density at radius 1 is 0.909 bits per heavy atom. The van der Waals surface area contributed by atoms with Crippen LogP contribution in [0.1, 0.15) is 40.0 Å². The molecule has 0 bridgehead atoms. The maximum atomic E-state index is 2.39. The van der Waals surface area contributed by atoms with E-state index in [2.05, 4.69) is 32.7 Å². The molecule has 0 spiro atoms. The van der Waals surface area contributed by atoms with E-state index in [0.717, 1.165) is 5.92 Å². The predicted molar refractivity (Wildman–Crippen MR) is 51.9 cm³/mol. The zero-order chi connectivity index (χ0) is 8.69. The molecule has 0 aromatic rings. The van der Waals surface area contributed by atoms with Crippen LogP contribution in [0.5, 0.6) is 0 Å². The van der Waals surface area contributed by atoms with Crippen molar-refractivity contribution in [2.24, 2.45) is 5.92 Å². The van der Waals surface area contributed by atoms with Gasteiger partial charge >= 0.3 is 0 Å². The zero-order valence-corrected chi connectivity index (χ0v) is 8.56. The minimum Gasteiger partial charge on any atom is -0.306 e. The third kappa shape index (κ3) is 9.96. The van der Waals surface area contributed by atoms with E-state index in [1.807, 2.05) is 0 Å². The van der Waals surface area contributed by atoms with Crippen LogP contribution in [0.3, 0.4) is 0 Å². The van der Waals surface area contributed by atoms with Crippen LogP contribution in [0.25, 0.3) is 0 Å². The highest BCUT2D eigenvalue weighted by atomic mass is 15.1. The molecular weight excluding hydrogens is 134 g/mol. The highest BCUT2D eigenvalue weighted by Gasteiger charge is 2.02. The van der Waals surface area contributed by atoms with Gasteiger partial charge in [-0.2, -0.15) is 0 Å². The first-order chi connectivity index (χ1) is 5.13. The number of hydrogen-bond donors (Lipinski definition) is 0. The molecule has 0 radical (unpaired) electrons. The van der Waals surface area contributed by atoms with Crippen molar-refractivity contribution >= 4 is 0 Å². The summed E-state index contributed by atoms with van der Waals surface area (Å²) in [5.41, 5.74) is 0. The molecule has 11 heavy (non-hydrogen) atoms. The molecule has 1 saturated heterocycles. The van der Waals surface area contributed by atoms with Crippen molar-refractivity contribution in [1.29, 1.82) is 0 Å². The Balaban J connectivity index is 0.000000218. The Bertz CT molecular complexity index is 70.2. The average molecular weight is 157 g/mol. The maximum absolute atomic E-state index is 2.39. The maximum Gasteiger partial charge on any atom is -0.00218 e. The van der Waals surface area contributed by atoms with Crippen molar-refractivity contribution in [3.63, 3.8) is 0 Å². The zero-order valence-electron chi connectivity index (χ0n) is 8.56. The first-order valence-corrected chi connectivity index (χ1v) is 4.81. The van der Waals surface area contributed by atoms with Crippen molar-refractivity contribution in [3.05, 3.63) is 0 Å². The number of rotatable bonds is 0. The summed E-state index contributed by atoms with van der Waals surface area (Å²) in [6.07, 6.45) is 4.28. The van der Waals surface area contributed by atoms with Crippen molar-refractivity contribution in [2.45, 2.75) is 40.0 Å². The van der Waals surface area contributed by atoms with Crippen molar-refractivity contribution in [1.82, 2.24) is 4.90 Å². The van der Waals surface area contributed by atoms with Gasteiger partial charge < -0.3 is 4.90 Å². The lowest BCUT2D eigenvalue weighted by Crippen LogP contribution is -2.24. The SMILES string of the molecule is CC(C)C.CN1CCCCC1. The molecule has 0 atom stereocenters. The summed E-state index contributed by atoms with van der Waals surface area (Å²) in [7, 11) is 2.19. The van der Waals surface area contributed by atoms with Gasteiger partial charge in [0.1, 0.15) is 0 Å². The Kier molecular flexibility index (Phi) is 6.63. The quantitative estimate of drug-likeness (QED) is 0.522. The Morgan fingerprint density at radius 3 is 1.45 bits per heavy atom. The Labute approximate surface area is 71.8 Å². The standard InChI is InChI=1S/C6H13N.C4H10/c1-7-5-3-2-4-6-7;1-4(2)3/h2-6H2,1H3;4H,1-3H3. The fourth-order valence-corrected chi connectivity index (χ4v) is 1.05.